The Morgan fingerprint density at radius 1 is 1.08 bits per heavy atom. The molecule has 0 atom stereocenters. The number of piperidine rings is 1. The lowest BCUT2D eigenvalue weighted by molar-refractivity contribution is 0.105. The average Bonchev–Trinajstić information content (AvgIpc) is 3.16. The minimum absolute atomic E-state index is 0.336. The largest absolute Gasteiger partial charge is 0.485 e. The Kier molecular flexibility index (Phi) is 6.09. The van der Waals surface area contributed by atoms with Crippen LogP contribution in [0.3, 0.4) is 0 Å². The van der Waals surface area contributed by atoms with Crippen molar-refractivity contribution in [3.05, 3.63) is 42.0 Å². The highest BCUT2D eigenvalue weighted by atomic mass is 32.2. The van der Waals surface area contributed by atoms with Crippen LogP contribution in [0.4, 0.5) is 0 Å². The van der Waals surface area contributed by atoms with Gasteiger partial charge in [-0.05, 0) is 25.0 Å². The maximum Gasteiger partial charge on any atom is 0.240 e. The summed E-state index contributed by atoms with van der Waals surface area (Å²) in [5.41, 5.74) is 0. The molecule has 6 nitrogen and oxygen atoms in total. The second-order valence-electron chi connectivity index (χ2n) is 6.86. The van der Waals surface area contributed by atoms with Crippen LogP contribution in [0.15, 0.2) is 34.9 Å². The fraction of sp³-hybridized carbons (Fsp3) is 0.579. The fourth-order valence-electron chi connectivity index (χ4n) is 3.65. The predicted octanol–water partition coefficient (Wildman–Crippen LogP) is 2.66. The highest BCUT2D eigenvalue weighted by molar-refractivity contribution is 7.99. The minimum Gasteiger partial charge on any atom is -0.485 e. The second kappa shape index (κ2) is 8.88. The van der Waals surface area contributed by atoms with Crippen LogP contribution in [0.5, 0.6) is 5.75 Å². The molecule has 0 spiro atoms. The molecule has 2 saturated heterocycles. The molecule has 0 radical (unpaired) electrons. The van der Waals surface area contributed by atoms with Gasteiger partial charge in [0.05, 0.1) is 6.54 Å². The number of benzene rings is 1. The molecule has 2 aromatic rings. The quantitative estimate of drug-likeness (QED) is 0.770. The van der Waals surface area contributed by atoms with E-state index in [1.54, 1.807) is 0 Å². The van der Waals surface area contributed by atoms with Gasteiger partial charge in [-0.1, -0.05) is 23.4 Å². The Balaban J connectivity index is 1.22. The summed E-state index contributed by atoms with van der Waals surface area (Å²) < 4.78 is 11.1. The van der Waals surface area contributed by atoms with Crippen molar-refractivity contribution in [2.45, 2.75) is 32.0 Å². The summed E-state index contributed by atoms with van der Waals surface area (Å²) in [5, 5.41) is 4.04. The Morgan fingerprint density at radius 2 is 1.85 bits per heavy atom. The predicted molar refractivity (Wildman–Crippen MR) is 102 cm³/mol. The Morgan fingerprint density at radius 3 is 2.62 bits per heavy atom. The molecule has 0 amide bonds. The zero-order valence-electron chi connectivity index (χ0n) is 15.0. The van der Waals surface area contributed by atoms with Crippen molar-refractivity contribution in [2.24, 2.45) is 0 Å². The van der Waals surface area contributed by atoms with Crippen molar-refractivity contribution < 1.29 is 9.26 Å². The molecule has 2 fully saturated rings. The van der Waals surface area contributed by atoms with E-state index < -0.39 is 0 Å². The van der Waals surface area contributed by atoms with E-state index in [0.29, 0.717) is 18.3 Å². The van der Waals surface area contributed by atoms with E-state index in [1.807, 2.05) is 30.3 Å². The van der Waals surface area contributed by atoms with Gasteiger partial charge in [-0.2, -0.15) is 16.7 Å². The molecule has 2 aliphatic heterocycles. The van der Waals surface area contributed by atoms with Crippen LogP contribution < -0.4 is 4.74 Å². The topological polar surface area (TPSA) is 54.6 Å². The van der Waals surface area contributed by atoms with E-state index in [2.05, 4.69) is 31.7 Å². The number of aromatic nitrogens is 2. The van der Waals surface area contributed by atoms with E-state index in [-0.39, 0.29) is 0 Å². The molecule has 1 aromatic carbocycles. The van der Waals surface area contributed by atoms with Crippen molar-refractivity contribution in [2.75, 3.05) is 37.7 Å². The smallest absolute Gasteiger partial charge is 0.240 e. The molecule has 1 aromatic heterocycles. The van der Waals surface area contributed by atoms with Crippen molar-refractivity contribution in [3.8, 4) is 5.75 Å². The lowest BCUT2D eigenvalue weighted by Gasteiger charge is -2.39. The summed E-state index contributed by atoms with van der Waals surface area (Å²) in [6.07, 6.45) is 2.48. The number of ether oxygens (including phenoxy) is 1. The van der Waals surface area contributed by atoms with Crippen LogP contribution in [0.1, 0.15) is 24.6 Å². The number of para-hydroxylation sites is 1. The van der Waals surface area contributed by atoms with Crippen molar-refractivity contribution >= 4 is 11.8 Å². The molecule has 26 heavy (non-hydrogen) atoms. The third-order valence-electron chi connectivity index (χ3n) is 5.10. The summed E-state index contributed by atoms with van der Waals surface area (Å²) in [7, 11) is 0. The van der Waals surface area contributed by atoms with Crippen LogP contribution in [0.25, 0.3) is 0 Å². The summed E-state index contributed by atoms with van der Waals surface area (Å²) >= 11 is 2.08. The Hall–Kier alpha value is -1.57. The molecular formula is C19H26N4O2S. The summed E-state index contributed by atoms with van der Waals surface area (Å²) in [5.74, 6) is 4.68. The number of hydrogen-bond acceptors (Lipinski definition) is 7. The van der Waals surface area contributed by atoms with E-state index in [1.165, 1.54) is 37.4 Å². The van der Waals surface area contributed by atoms with Crippen LogP contribution in [-0.2, 0) is 13.2 Å². The van der Waals surface area contributed by atoms with Crippen molar-refractivity contribution in [1.29, 1.82) is 0 Å². The summed E-state index contributed by atoms with van der Waals surface area (Å²) in [6.45, 7) is 5.79. The number of nitrogens with zero attached hydrogens (tertiary/aromatic N) is 4. The van der Waals surface area contributed by atoms with Gasteiger partial charge in [-0.15, -0.1) is 0 Å². The number of thioether (sulfide) groups is 1. The number of rotatable bonds is 6. The van der Waals surface area contributed by atoms with Gasteiger partial charge in [0.2, 0.25) is 11.7 Å². The van der Waals surface area contributed by atoms with Gasteiger partial charge in [0, 0.05) is 43.7 Å². The van der Waals surface area contributed by atoms with E-state index >= 15 is 0 Å². The lowest BCUT2D eigenvalue weighted by atomic mass is 10.0. The monoisotopic (exact) mass is 374 g/mol. The van der Waals surface area contributed by atoms with Crippen LogP contribution >= 0.6 is 11.8 Å². The minimum atomic E-state index is 0.336. The zero-order chi connectivity index (χ0) is 17.6. The second-order valence-corrected chi connectivity index (χ2v) is 8.09. The summed E-state index contributed by atoms with van der Waals surface area (Å²) in [6, 6.07) is 10.5. The average molecular weight is 375 g/mol. The van der Waals surface area contributed by atoms with E-state index in [4.69, 9.17) is 9.26 Å². The van der Waals surface area contributed by atoms with Crippen LogP contribution in [-0.4, -0.2) is 63.7 Å². The molecule has 0 bridgehead atoms. The first kappa shape index (κ1) is 17.8. The van der Waals surface area contributed by atoms with Crippen LogP contribution in [0.2, 0.25) is 0 Å². The van der Waals surface area contributed by atoms with Gasteiger partial charge in [-0.3, -0.25) is 9.80 Å². The van der Waals surface area contributed by atoms with Gasteiger partial charge in [0.25, 0.3) is 0 Å². The fourth-order valence-corrected chi connectivity index (χ4v) is 4.59. The maximum absolute atomic E-state index is 5.67. The molecule has 7 heteroatoms. The third-order valence-corrected chi connectivity index (χ3v) is 6.04. The number of likely N-dealkylation sites (tertiary alicyclic amines) is 1. The summed E-state index contributed by atoms with van der Waals surface area (Å²) in [4.78, 5) is 9.57. The first-order chi connectivity index (χ1) is 12.9. The third kappa shape index (κ3) is 4.78. The van der Waals surface area contributed by atoms with Crippen molar-refractivity contribution in [3.63, 3.8) is 0 Å². The Labute approximate surface area is 158 Å². The maximum atomic E-state index is 5.67. The van der Waals surface area contributed by atoms with Gasteiger partial charge >= 0.3 is 0 Å². The molecule has 0 N–H and O–H groups in total. The van der Waals surface area contributed by atoms with Gasteiger partial charge in [-0.25, -0.2) is 0 Å². The first-order valence-electron chi connectivity index (χ1n) is 9.40. The SMILES string of the molecule is c1ccc(OCc2noc(CN3CCC(N4CCSCC4)CC3)n2)cc1. The van der Waals surface area contributed by atoms with E-state index in [9.17, 15) is 0 Å². The Bertz CT molecular complexity index is 667. The standard InChI is InChI=1S/C19H26N4O2S/c1-2-4-17(5-3-1)24-15-18-20-19(25-21-18)14-22-8-6-16(7-9-22)23-10-12-26-13-11-23/h1-5,16H,6-15H2. The van der Waals surface area contributed by atoms with Gasteiger partial charge in [0.15, 0.2) is 6.61 Å². The molecule has 4 rings (SSSR count). The van der Waals surface area contributed by atoms with Crippen LogP contribution in [0, 0.1) is 0 Å². The molecule has 3 heterocycles. The molecular weight excluding hydrogens is 348 g/mol. The van der Waals surface area contributed by atoms with Crippen molar-refractivity contribution in [1.82, 2.24) is 19.9 Å². The normalized spacial score (nSPS) is 20.3. The van der Waals surface area contributed by atoms with Gasteiger partial charge < -0.3 is 9.26 Å². The van der Waals surface area contributed by atoms with Gasteiger partial charge in [0.1, 0.15) is 5.75 Å². The lowest BCUT2D eigenvalue weighted by Crippen LogP contribution is -2.47. The highest BCUT2D eigenvalue weighted by Crippen LogP contribution is 2.21. The molecule has 0 saturated carbocycles. The first-order valence-corrected chi connectivity index (χ1v) is 10.6. The molecule has 0 aliphatic carbocycles. The highest BCUT2D eigenvalue weighted by Gasteiger charge is 2.26. The van der Waals surface area contributed by atoms with E-state index in [0.717, 1.165) is 31.4 Å². The number of hydrogen-bond donors (Lipinski definition) is 0. The molecule has 140 valence electrons. The zero-order valence-corrected chi connectivity index (χ0v) is 15.9. The molecule has 2 aliphatic rings. The molecule has 0 unspecified atom stereocenters.